The largest absolute Gasteiger partial charge is 0.481 e. The number of fused-ring (bicyclic) bond motifs is 1. The fourth-order valence-corrected chi connectivity index (χ4v) is 4.81. The molecule has 31 heavy (non-hydrogen) atoms. The molecule has 164 valence electrons. The predicted molar refractivity (Wildman–Crippen MR) is 123 cm³/mol. The smallest absolute Gasteiger partial charge is 0.303 e. The maximum Gasteiger partial charge on any atom is 0.303 e. The molecule has 0 bridgehead atoms. The van der Waals surface area contributed by atoms with Crippen LogP contribution in [0.1, 0.15) is 62.4 Å². The fraction of sp³-hybridized carbons (Fsp3) is 0.458. The van der Waals surface area contributed by atoms with Crippen LogP contribution < -0.4 is 0 Å². The predicted octanol–water partition coefficient (Wildman–Crippen LogP) is 5.59. The van der Waals surface area contributed by atoms with Gasteiger partial charge in [-0.2, -0.15) is 5.10 Å². The van der Waals surface area contributed by atoms with Crippen molar-refractivity contribution in [2.24, 2.45) is 0 Å². The number of aliphatic carboxylic acids is 1. The molecule has 3 aromatic rings. The second kappa shape index (κ2) is 9.92. The normalized spacial score (nSPS) is 14.9. The van der Waals surface area contributed by atoms with Crippen LogP contribution in [0.25, 0.3) is 16.6 Å². The first-order valence-electron chi connectivity index (χ1n) is 11.0. The summed E-state index contributed by atoms with van der Waals surface area (Å²) in [6.45, 7) is 2.51. The number of nitrogens with zero attached hydrogens (tertiary/aromatic N) is 3. The summed E-state index contributed by atoms with van der Waals surface area (Å²) in [5.41, 5.74) is 5.78. The van der Waals surface area contributed by atoms with Crippen LogP contribution in [0.3, 0.4) is 0 Å². The van der Waals surface area contributed by atoms with Crippen LogP contribution >= 0.6 is 15.9 Å². The molecule has 0 atom stereocenters. The summed E-state index contributed by atoms with van der Waals surface area (Å²) in [6, 6.07) is 6.18. The Morgan fingerprint density at radius 3 is 2.77 bits per heavy atom. The van der Waals surface area contributed by atoms with Gasteiger partial charge in [-0.15, -0.1) is 0 Å². The summed E-state index contributed by atoms with van der Waals surface area (Å²) >= 11 is 3.53. The first-order valence-corrected chi connectivity index (χ1v) is 11.8. The van der Waals surface area contributed by atoms with Crippen molar-refractivity contribution in [2.75, 3.05) is 0 Å². The molecule has 1 aliphatic rings. The molecule has 0 aliphatic heterocycles. The van der Waals surface area contributed by atoms with Gasteiger partial charge in [0.15, 0.2) is 0 Å². The molecule has 1 aliphatic carbocycles. The third-order valence-electron chi connectivity index (χ3n) is 6.01. The van der Waals surface area contributed by atoms with Crippen LogP contribution in [-0.2, 0) is 29.0 Å². The van der Waals surface area contributed by atoms with Gasteiger partial charge in [-0.1, -0.05) is 26.2 Å². The lowest BCUT2D eigenvalue weighted by molar-refractivity contribution is -0.136. The number of aryl methyl sites for hydroxylation is 1. The number of rotatable bonds is 8. The minimum Gasteiger partial charge on any atom is -0.481 e. The highest BCUT2D eigenvalue weighted by molar-refractivity contribution is 9.10. The van der Waals surface area contributed by atoms with E-state index in [0.29, 0.717) is 13.0 Å². The summed E-state index contributed by atoms with van der Waals surface area (Å²) in [5, 5.41) is 14.3. The zero-order chi connectivity index (χ0) is 21.8. The zero-order valence-electron chi connectivity index (χ0n) is 17.8. The number of hydrogen-bond donors (Lipinski definition) is 1. The molecule has 0 aromatic carbocycles. The number of hydrogen-bond acceptors (Lipinski definition) is 4. The van der Waals surface area contributed by atoms with Crippen LogP contribution in [0.5, 0.6) is 0 Å². The van der Waals surface area contributed by atoms with Crippen molar-refractivity contribution in [3.8, 4) is 11.1 Å². The quantitative estimate of drug-likeness (QED) is 0.449. The van der Waals surface area contributed by atoms with Crippen LogP contribution in [0.2, 0.25) is 0 Å². The number of carboxylic acids is 1. The van der Waals surface area contributed by atoms with Crippen LogP contribution in [-0.4, -0.2) is 31.8 Å². The van der Waals surface area contributed by atoms with Crippen LogP contribution in [0.15, 0.2) is 35.1 Å². The Kier molecular flexibility index (Phi) is 7.02. The van der Waals surface area contributed by atoms with Crippen LogP contribution in [0.4, 0.5) is 0 Å². The van der Waals surface area contributed by atoms with E-state index in [0.717, 1.165) is 57.3 Å². The van der Waals surface area contributed by atoms with E-state index in [4.69, 9.17) is 9.84 Å². The maximum absolute atomic E-state index is 11.4. The standard InChI is InChI=1S/C24H28BrN3O3/c1-2-18-8-10-22-24(16-12-17(25)14-26-13-16)20(9-11-23(29)30)21(27-28(18)22)15-31-19-6-4-3-5-7-19/h8,10,12-14,19H,2-7,9,11,15H2,1H3,(H,29,30). The maximum atomic E-state index is 11.4. The molecular formula is C24H28BrN3O3. The first-order chi connectivity index (χ1) is 15.1. The summed E-state index contributed by atoms with van der Waals surface area (Å²) in [5.74, 6) is -0.818. The van der Waals surface area contributed by atoms with Gasteiger partial charge >= 0.3 is 5.97 Å². The van der Waals surface area contributed by atoms with E-state index in [-0.39, 0.29) is 12.5 Å². The lowest BCUT2D eigenvalue weighted by Gasteiger charge is -2.23. The summed E-state index contributed by atoms with van der Waals surface area (Å²) in [4.78, 5) is 15.8. The summed E-state index contributed by atoms with van der Waals surface area (Å²) in [7, 11) is 0. The van der Waals surface area contributed by atoms with E-state index in [1.165, 1.54) is 19.3 Å². The van der Waals surface area contributed by atoms with Gasteiger partial charge in [0.2, 0.25) is 0 Å². The monoisotopic (exact) mass is 485 g/mol. The Labute approximate surface area is 190 Å². The molecule has 7 heteroatoms. The van der Waals surface area contributed by atoms with E-state index in [2.05, 4.69) is 40.0 Å². The number of pyridine rings is 1. The minimum absolute atomic E-state index is 0.0457. The van der Waals surface area contributed by atoms with Gasteiger partial charge in [-0.05, 0) is 65.4 Å². The number of halogens is 1. The van der Waals surface area contributed by atoms with Gasteiger partial charge in [-0.25, -0.2) is 4.52 Å². The highest BCUT2D eigenvalue weighted by Gasteiger charge is 2.21. The molecule has 4 rings (SSSR count). The molecule has 0 saturated heterocycles. The van der Waals surface area contributed by atoms with E-state index in [9.17, 15) is 9.90 Å². The van der Waals surface area contributed by atoms with Gasteiger partial charge in [0.1, 0.15) is 0 Å². The topological polar surface area (TPSA) is 76.7 Å². The lowest BCUT2D eigenvalue weighted by atomic mass is 9.96. The van der Waals surface area contributed by atoms with E-state index in [1.807, 2.05) is 16.8 Å². The minimum atomic E-state index is -0.818. The average molecular weight is 486 g/mol. The lowest BCUT2D eigenvalue weighted by Crippen LogP contribution is -2.18. The van der Waals surface area contributed by atoms with Crippen LogP contribution in [0, 0.1) is 0 Å². The molecule has 6 nitrogen and oxygen atoms in total. The molecule has 0 radical (unpaired) electrons. The van der Waals surface area contributed by atoms with Crippen molar-refractivity contribution in [3.63, 3.8) is 0 Å². The molecule has 1 fully saturated rings. The highest BCUT2D eigenvalue weighted by atomic mass is 79.9. The molecule has 1 N–H and O–H groups in total. The fourth-order valence-electron chi connectivity index (χ4n) is 4.44. The number of carboxylic acid groups (broad SMARTS) is 1. The molecule has 1 saturated carbocycles. The Balaban J connectivity index is 1.84. The number of ether oxygens (including phenoxy) is 1. The van der Waals surface area contributed by atoms with Gasteiger partial charge in [0.25, 0.3) is 0 Å². The number of aromatic nitrogens is 3. The van der Waals surface area contributed by atoms with Crippen molar-refractivity contribution >= 4 is 27.4 Å². The second-order valence-electron chi connectivity index (χ2n) is 8.13. The molecule has 0 amide bonds. The molecule has 0 unspecified atom stereocenters. The van der Waals surface area contributed by atoms with Crippen molar-refractivity contribution in [2.45, 2.75) is 71.0 Å². The molecular weight excluding hydrogens is 458 g/mol. The van der Waals surface area contributed by atoms with Crippen molar-refractivity contribution in [3.05, 3.63) is 52.0 Å². The Bertz CT molecular complexity index is 1070. The molecule has 3 heterocycles. The molecule has 0 spiro atoms. The Hall–Kier alpha value is -2.25. The van der Waals surface area contributed by atoms with E-state index in [1.54, 1.807) is 6.20 Å². The third-order valence-corrected chi connectivity index (χ3v) is 6.45. The van der Waals surface area contributed by atoms with Crippen molar-refractivity contribution < 1.29 is 14.6 Å². The number of carbonyl (C=O) groups is 1. The average Bonchev–Trinajstić information content (AvgIpc) is 3.18. The van der Waals surface area contributed by atoms with E-state index >= 15 is 0 Å². The summed E-state index contributed by atoms with van der Waals surface area (Å²) < 4.78 is 9.15. The van der Waals surface area contributed by atoms with Crippen molar-refractivity contribution in [1.82, 2.24) is 14.6 Å². The van der Waals surface area contributed by atoms with E-state index < -0.39 is 5.97 Å². The third kappa shape index (κ3) is 4.99. The summed E-state index contributed by atoms with van der Waals surface area (Å²) in [6.07, 6.45) is 11.0. The Morgan fingerprint density at radius 1 is 1.26 bits per heavy atom. The first kappa shape index (κ1) is 22.0. The highest BCUT2D eigenvalue weighted by Crippen LogP contribution is 2.34. The van der Waals surface area contributed by atoms with Gasteiger partial charge < -0.3 is 9.84 Å². The molecule has 3 aromatic heterocycles. The van der Waals surface area contributed by atoms with Crippen molar-refractivity contribution in [1.29, 1.82) is 0 Å². The Morgan fingerprint density at radius 2 is 2.06 bits per heavy atom. The second-order valence-corrected chi connectivity index (χ2v) is 9.05. The van der Waals surface area contributed by atoms with Gasteiger partial charge in [0.05, 0.1) is 23.9 Å². The zero-order valence-corrected chi connectivity index (χ0v) is 19.4. The van der Waals surface area contributed by atoms with Gasteiger partial charge in [-0.3, -0.25) is 9.78 Å². The SMILES string of the molecule is CCc1ccc2c(-c3cncc(Br)c3)c(CCC(=O)O)c(COC3CCCCC3)nn12. The van der Waals surface area contributed by atoms with Gasteiger partial charge in [0, 0.05) is 40.1 Å².